The van der Waals surface area contributed by atoms with E-state index in [4.69, 9.17) is 0 Å². The Kier molecular flexibility index (Phi) is 4.01. The molecule has 3 rings (SSSR count). The van der Waals surface area contributed by atoms with Crippen molar-refractivity contribution in [3.8, 4) is 0 Å². The standard InChI is InChI=1S/C16H21N5OS/c1-11-17-7-12(8-18-11)6-13-4-5-15(2,3)16(13,22)9-21-14(23)19-10-20-21/h6-8,10,22H,4-5,9H2,1-3H3,(H,19,20,23)/b13-6+. The Morgan fingerprint density at radius 3 is 2.61 bits per heavy atom. The monoisotopic (exact) mass is 331 g/mol. The van der Waals surface area contributed by atoms with E-state index in [0.29, 0.717) is 11.7 Å². The summed E-state index contributed by atoms with van der Waals surface area (Å²) in [4.78, 5) is 12.5. The Balaban J connectivity index is 1.98. The fourth-order valence-electron chi connectivity index (χ4n) is 3.07. The molecular weight excluding hydrogens is 310 g/mol. The lowest BCUT2D eigenvalue weighted by molar-refractivity contribution is -0.0317. The highest BCUT2D eigenvalue weighted by Crippen LogP contribution is 2.50. The summed E-state index contributed by atoms with van der Waals surface area (Å²) in [6.07, 6.45) is 8.72. The predicted octanol–water partition coefficient (Wildman–Crippen LogP) is 2.30. The van der Waals surface area contributed by atoms with Crippen molar-refractivity contribution in [1.82, 2.24) is 24.7 Å². The van der Waals surface area contributed by atoms with E-state index in [1.165, 1.54) is 6.33 Å². The summed E-state index contributed by atoms with van der Waals surface area (Å²) in [6, 6.07) is 0. The largest absolute Gasteiger partial charge is 0.383 e. The molecule has 1 fully saturated rings. The van der Waals surface area contributed by atoms with Gasteiger partial charge in [0, 0.05) is 18.0 Å². The minimum atomic E-state index is -1.01. The molecule has 2 aromatic heterocycles. The van der Waals surface area contributed by atoms with E-state index in [1.54, 1.807) is 17.1 Å². The first kappa shape index (κ1) is 16.1. The van der Waals surface area contributed by atoms with Crippen molar-refractivity contribution in [1.29, 1.82) is 0 Å². The third-order valence-electron chi connectivity index (χ3n) is 4.79. The van der Waals surface area contributed by atoms with Crippen LogP contribution >= 0.6 is 12.6 Å². The Morgan fingerprint density at radius 2 is 2.00 bits per heavy atom. The average molecular weight is 331 g/mol. The molecule has 0 amide bonds. The number of hydrogen-bond acceptors (Lipinski definition) is 6. The molecule has 122 valence electrons. The quantitative estimate of drug-likeness (QED) is 0.844. The highest BCUT2D eigenvalue weighted by Gasteiger charge is 2.51. The molecule has 7 heteroatoms. The molecule has 0 aliphatic heterocycles. The van der Waals surface area contributed by atoms with Gasteiger partial charge in [-0.05, 0) is 36.8 Å². The third-order valence-corrected chi connectivity index (χ3v) is 5.13. The van der Waals surface area contributed by atoms with Gasteiger partial charge in [0.1, 0.15) is 17.8 Å². The second-order valence-electron chi connectivity index (χ2n) is 6.70. The van der Waals surface area contributed by atoms with Gasteiger partial charge in [0.2, 0.25) is 0 Å². The average Bonchev–Trinajstić information content (AvgIpc) is 2.98. The maximum atomic E-state index is 11.5. The number of hydrogen-bond donors (Lipinski definition) is 2. The number of thiol groups is 1. The second-order valence-corrected chi connectivity index (χ2v) is 7.10. The van der Waals surface area contributed by atoms with Gasteiger partial charge in [-0.15, -0.1) is 12.6 Å². The summed E-state index contributed by atoms with van der Waals surface area (Å²) in [5.74, 6) is 0.733. The highest BCUT2D eigenvalue weighted by atomic mass is 32.1. The van der Waals surface area contributed by atoms with Crippen LogP contribution < -0.4 is 0 Å². The van der Waals surface area contributed by atoms with Gasteiger partial charge in [0.25, 0.3) is 0 Å². The van der Waals surface area contributed by atoms with E-state index in [2.05, 4.69) is 46.5 Å². The van der Waals surface area contributed by atoms with Crippen molar-refractivity contribution >= 4 is 18.7 Å². The van der Waals surface area contributed by atoms with Gasteiger partial charge in [-0.1, -0.05) is 13.8 Å². The lowest BCUT2D eigenvalue weighted by atomic mass is 9.76. The molecule has 1 atom stereocenters. The number of nitrogens with zero attached hydrogens (tertiary/aromatic N) is 5. The normalized spacial score (nSPS) is 25.2. The summed E-state index contributed by atoms with van der Waals surface area (Å²) in [5, 5.41) is 16.1. The fourth-order valence-corrected chi connectivity index (χ4v) is 3.24. The van der Waals surface area contributed by atoms with E-state index in [1.807, 2.05) is 13.0 Å². The third kappa shape index (κ3) is 2.90. The molecule has 1 aliphatic carbocycles. The van der Waals surface area contributed by atoms with Crippen LogP contribution in [0.15, 0.2) is 29.5 Å². The Hall–Kier alpha value is -1.73. The van der Waals surface area contributed by atoms with Crippen LogP contribution in [0.5, 0.6) is 0 Å². The van der Waals surface area contributed by atoms with E-state index in [0.717, 1.165) is 29.8 Å². The first-order chi connectivity index (χ1) is 10.8. The van der Waals surface area contributed by atoms with Crippen molar-refractivity contribution < 1.29 is 5.11 Å². The SMILES string of the molecule is Cc1ncc(/C=C2\CCC(C)(C)C2(O)Cn2ncnc2S)cn1. The zero-order chi connectivity index (χ0) is 16.7. The van der Waals surface area contributed by atoms with Crippen molar-refractivity contribution in [3.63, 3.8) is 0 Å². The van der Waals surface area contributed by atoms with E-state index in [-0.39, 0.29) is 5.41 Å². The molecule has 0 saturated heterocycles. The fraction of sp³-hybridized carbons (Fsp3) is 0.500. The van der Waals surface area contributed by atoms with Gasteiger partial charge in [-0.2, -0.15) is 5.10 Å². The van der Waals surface area contributed by atoms with Gasteiger partial charge in [0.05, 0.1) is 6.54 Å². The molecule has 2 aromatic rings. The van der Waals surface area contributed by atoms with Crippen LogP contribution in [0, 0.1) is 12.3 Å². The van der Waals surface area contributed by atoms with Crippen LogP contribution in [-0.4, -0.2) is 35.4 Å². The molecule has 2 heterocycles. The number of rotatable bonds is 3. The van der Waals surface area contributed by atoms with Crippen LogP contribution in [0.4, 0.5) is 0 Å². The second kappa shape index (κ2) is 5.72. The summed E-state index contributed by atoms with van der Waals surface area (Å²) in [7, 11) is 0. The summed E-state index contributed by atoms with van der Waals surface area (Å²) in [5.41, 5.74) is 0.587. The predicted molar refractivity (Wildman–Crippen MR) is 90.0 cm³/mol. The van der Waals surface area contributed by atoms with Crippen LogP contribution in [-0.2, 0) is 6.54 Å². The zero-order valence-corrected chi connectivity index (χ0v) is 14.5. The summed E-state index contributed by atoms with van der Waals surface area (Å²) >= 11 is 4.29. The van der Waals surface area contributed by atoms with Crippen molar-refractivity contribution in [2.45, 2.75) is 50.9 Å². The number of aliphatic hydroxyl groups is 1. The summed E-state index contributed by atoms with van der Waals surface area (Å²) < 4.78 is 1.63. The Bertz CT molecular complexity index is 737. The molecular formula is C16H21N5OS. The molecule has 0 spiro atoms. The van der Waals surface area contributed by atoms with E-state index in [9.17, 15) is 5.11 Å². The van der Waals surface area contributed by atoms with E-state index >= 15 is 0 Å². The molecule has 0 radical (unpaired) electrons. The molecule has 1 unspecified atom stereocenters. The molecule has 1 N–H and O–H groups in total. The van der Waals surface area contributed by atoms with Crippen molar-refractivity contribution in [2.75, 3.05) is 0 Å². The first-order valence-corrected chi connectivity index (χ1v) is 8.05. The number of aryl methyl sites for hydroxylation is 1. The minimum absolute atomic E-state index is 0.267. The van der Waals surface area contributed by atoms with Crippen LogP contribution in [0.1, 0.15) is 38.1 Å². The van der Waals surface area contributed by atoms with Gasteiger partial charge < -0.3 is 5.11 Å². The maximum absolute atomic E-state index is 11.5. The maximum Gasteiger partial charge on any atom is 0.183 e. The van der Waals surface area contributed by atoms with Crippen molar-refractivity contribution in [2.24, 2.45) is 5.41 Å². The molecule has 1 saturated carbocycles. The highest BCUT2D eigenvalue weighted by molar-refractivity contribution is 7.80. The minimum Gasteiger partial charge on any atom is -0.383 e. The topological polar surface area (TPSA) is 76.7 Å². The zero-order valence-electron chi connectivity index (χ0n) is 13.6. The Labute approximate surface area is 141 Å². The van der Waals surface area contributed by atoms with Gasteiger partial charge in [-0.3, -0.25) is 0 Å². The molecule has 0 aromatic carbocycles. The molecule has 23 heavy (non-hydrogen) atoms. The van der Waals surface area contributed by atoms with Crippen molar-refractivity contribution in [3.05, 3.63) is 35.7 Å². The summed E-state index contributed by atoms with van der Waals surface area (Å²) in [6.45, 7) is 6.34. The van der Waals surface area contributed by atoms with Crippen LogP contribution in [0.3, 0.4) is 0 Å². The number of aromatic nitrogens is 5. The molecule has 6 nitrogen and oxygen atoms in total. The molecule has 1 aliphatic rings. The van der Waals surface area contributed by atoms with Gasteiger partial charge in [-0.25, -0.2) is 19.6 Å². The van der Waals surface area contributed by atoms with Gasteiger partial charge >= 0.3 is 0 Å². The Morgan fingerprint density at radius 1 is 1.30 bits per heavy atom. The van der Waals surface area contributed by atoms with Crippen LogP contribution in [0.2, 0.25) is 0 Å². The van der Waals surface area contributed by atoms with Gasteiger partial charge in [0.15, 0.2) is 5.16 Å². The molecule has 0 bridgehead atoms. The first-order valence-electron chi connectivity index (χ1n) is 7.61. The van der Waals surface area contributed by atoms with E-state index < -0.39 is 5.60 Å². The smallest absolute Gasteiger partial charge is 0.183 e. The van der Waals surface area contributed by atoms with Crippen LogP contribution in [0.25, 0.3) is 6.08 Å². The lowest BCUT2D eigenvalue weighted by Crippen LogP contribution is -2.45. The lowest BCUT2D eigenvalue weighted by Gasteiger charge is -2.37.